The fourth-order valence-corrected chi connectivity index (χ4v) is 2.91. The minimum absolute atomic E-state index is 0.138. The van der Waals surface area contributed by atoms with Crippen molar-refractivity contribution in [2.24, 2.45) is 0 Å². The molecule has 0 amide bonds. The molecular weight excluding hydrogens is 377 g/mol. The van der Waals surface area contributed by atoms with Crippen molar-refractivity contribution in [1.82, 2.24) is 15.2 Å². The quantitative estimate of drug-likeness (QED) is 0.569. The Hall–Kier alpha value is -2.02. The van der Waals surface area contributed by atoms with Gasteiger partial charge in [0.2, 0.25) is 0 Å². The van der Waals surface area contributed by atoms with E-state index < -0.39 is 0 Å². The molecule has 1 aliphatic heterocycles. The van der Waals surface area contributed by atoms with Crippen molar-refractivity contribution in [2.75, 3.05) is 6.61 Å². The summed E-state index contributed by atoms with van der Waals surface area (Å²) in [6, 6.07) is 5.74. The van der Waals surface area contributed by atoms with Crippen LogP contribution in [0.5, 0.6) is 0 Å². The van der Waals surface area contributed by atoms with Crippen molar-refractivity contribution in [3.63, 3.8) is 0 Å². The van der Waals surface area contributed by atoms with Gasteiger partial charge in [-0.05, 0) is 23.6 Å². The summed E-state index contributed by atoms with van der Waals surface area (Å²) in [7, 11) is 0. The van der Waals surface area contributed by atoms with E-state index in [-0.39, 0.29) is 29.9 Å². The maximum absolute atomic E-state index is 11.0. The third kappa shape index (κ3) is 5.00. The number of hydrogen-bond donors (Lipinski definition) is 0. The van der Waals surface area contributed by atoms with E-state index in [1.54, 1.807) is 0 Å². The largest absolute Gasteiger partial charge is 0.463 e. The van der Waals surface area contributed by atoms with Gasteiger partial charge in [0.15, 0.2) is 11.0 Å². The average Bonchev–Trinajstić information content (AvgIpc) is 2.64. The van der Waals surface area contributed by atoms with Crippen LogP contribution in [0.3, 0.4) is 0 Å². The molecule has 136 valence electrons. The number of benzene rings is 1. The Kier molecular flexibility index (Phi) is 6.19. The number of halogens is 2. The zero-order valence-electron chi connectivity index (χ0n) is 14.1. The number of ether oxygens (including phenoxy) is 2. The van der Waals surface area contributed by atoms with Crippen LogP contribution in [0.15, 0.2) is 36.5 Å². The average molecular weight is 394 g/mol. The Morgan fingerprint density at radius 1 is 1.35 bits per heavy atom. The molecule has 0 fully saturated rings. The van der Waals surface area contributed by atoms with Gasteiger partial charge in [-0.3, -0.25) is 4.79 Å². The number of hydrogen-bond acceptors (Lipinski definition) is 6. The van der Waals surface area contributed by atoms with Gasteiger partial charge in [0.25, 0.3) is 0 Å². The van der Waals surface area contributed by atoms with Gasteiger partial charge in [0.1, 0.15) is 12.7 Å². The molecule has 8 heteroatoms. The summed E-state index contributed by atoms with van der Waals surface area (Å²) < 4.78 is 11.0. The fourth-order valence-electron chi connectivity index (χ4n) is 2.64. The zero-order chi connectivity index (χ0) is 18.5. The van der Waals surface area contributed by atoms with E-state index in [1.165, 1.54) is 13.1 Å². The number of aromatic nitrogens is 3. The predicted octanol–water partition coefficient (Wildman–Crippen LogP) is 3.72. The molecule has 0 saturated heterocycles. The molecule has 2 heterocycles. The molecular formula is C18H17Cl2N3O3. The van der Waals surface area contributed by atoms with Crippen LogP contribution in [0.25, 0.3) is 0 Å². The molecule has 0 aliphatic carbocycles. The van der Waals surface area contributed by atoms with Crippen LogP contribution in [-0.2, 0) is 20.7 Å². The van der Waals surface area contributed by atoms with Gasteiger partial charge in [-0.2, -0.15) is 0 Å². The summed E-state index contributed by atoms with van der Waals surface area (Å²) in [5.74, 6) is 0.208. The summed E-state index contributed by atoms with van der Waals surface area (Å²) in [4.78, 5) is 15.1. The first-order valence-electron chi connectivity index (χ1n) is 8.09. The van der Waals surface area contributed by atoms with Gasteiger partial charge in [0.05, 0.1) is 12.3 Å². The minimum Gasteiger partial charge on any atom is -0.463 e. The molecule has 0 saturated carbocycles. The summed E-state index contributed by atoms with van der Waals surface area (Å²) in [5.41, 5.74) is 1.87. The van der Waals surface area contributed by atoms with Crippen LogP contribution in [-0.4, -0.2) is 33.9 Å². The second-order valence-electron chi connectivity index (χ2n) is 5.85. The van der Waals surface area contributed by atoms with Crippen molar-refractivity contribution in [3.8, 4) is 0 Å². The second kappa shape index (κ2) is 8.58. The molecule has 1 aliphatic rings. The van der Waals surface area contributed by atoms with Crippen LogP contribution in [0.2, 0.25) is 10.2 Å². The van der Waals surface area contributed by atoms with E-state index in [9.17, 15) is 4.79 Å². The number of esters is 1. The molecule has 1 aromatic heterocycles. The predicted molar refractivity (Wildman–Crippen MR) is 97.1 cm³/mol. The van der Waals surface area contributed by atoms with Crippen molar-refractivity contribution in [3.05, 3.63) is 63.7 Å². The van der Waals surface area contributed by atoms with E-state index in [1.807, 2.05) is 30.4 Å². The summed E-state index contributed by atoms with van der Waals surface area (Å²) in [6.07, 6.45) is 6.16. The Labute approximate surface area is 161 Å². The lowest BCUT2D eigenvalue weighted by Crippen LogP contribution is -2.24. The normalized spacial score (nSPS) is 19.3. The lowest BCUT2D eigenvalue weighted by Gasteiger charge is -2.26. The van der Waals surface area contributed by atoms with Crippen molar-refractivity contribution in [2.45, 2.75) is 32.0 Å². The first-order valence-corrected chi connectivity index (χ1v) is 8.85. The maximum Gasteiger partial charge on any atom is 0.302 e. The van der Waals surface area contributed by atoms with Gasteiger partial charge in [-0.25, -0.2) is 4.98 Å². The Bertz CT molecular complexity index is 812. The summed E-state index contributed by atoms with van der Waals surface area (Å²) in [6.45, 7) is 1.58. The third-order valence-electron chi connectivity index (χ3n) is 3.86. The molecule has 3 rings (SSSR count). The number of carbonyl (C=O) groups excluding carboxylic acids is 1. The van der Waals surface area contributed by atoms with Gasteiger partial charge < -0.3 is 9.47 Å². The molecule has 26 heavy (non-hydrogen) atoms. The first kappa shape index (κ1) is 18.8. The smallest absolute Gasteiger partial charge is 0.302 e. The molecule has 0 unspecified atom stereocenters. The van der Waals surface area contributed by atoms with Crippen LogP contribution >= 0.6 is 23.2 Å². The highest BCUT2D eigenvalue weighted by atomic mass is 35.5. The number of carbonyl (C=O) groups is 1. The number of rotatable bonds is 5. The molecule has 2 aromatic rings. The Morgan fingerprint density at radius 2 is 2.19 bits per heavy atom. The van der Waals surface area contributed by atoms with Crippen LogP contribution in [0, 0.1) is 0 Å². The molecule has 2 atom stereocenters. The monoisotopic (exact) mass is 393 g/mol. The number of nitrogens with zero attached hydrogens (tertiary/aromatic N) is 3. The topological polar surface area (TPSA) is 74.2 Å². The van der Waals surface area contributed by atoms with E-state index in [0.717, 1.165) is 17.5 Å². The fraction of sp³-hybridized carbons (Fsp3) is 0.333. The van der Waals surface area contributed by atoms with E-state index in [2.05, 4.69) is 15.2 Å². The SMILES string of the molecule is CC(=O)OC[C@@H]1C=CC[C@@H](c2ccc(Cl)c(Cc3ncc(Cl)nn3)c2)O1. The van der Waals surface area contributed by atoms with Crippen LogP contribution in [0.1, 0.15) is 36.4 Å². The third-order valence-corrected chi connectivity index (χ3v) is 4.40. The lowest BCUT2D eigenvalue weighted by molar-refractivity contribution is -0.145. The molecule has 0 radical (unpaired) electrons. The zero-order valence-corrected chi connectivity index (χ0v) is 15.6. The van der Waals surface area contributed by atoms with Crippen molar-refractivity contribution >= 4 is 29.2 Å². The Morgan fingerprint density at radius 3 is 2.92 bits per heavy atom. The van der Waals surface area contributed by atoms with Crippen LogP contribution < -0.4 is 0 Å². The highest BCUT2D eigenvalue weighted by Crippen LogP contribution is 2.30. The second-order valence-corrected chi connectivity index (χ2v) is 6.65. The standard InChI is InChI=1S/C18H17Cl2N3O3/c1-11(24)25-10-14-3-2-4-16(26-14)12-5-6-15(19)13(7-12)8-18-21-9-17(20)22-23-18/h2-3,5-7,9,14,16H,4,8,10H2,1H3/t14-,16-/m0/s1. The van der Waals surface area contributed by atoms with Crippen molar-refractivity contribution in [1.29, 1.82) is 0 Å². The highest BCUT2D eigenvalue weighted by molar-refractivity contribution is 6.31. The first-order chi connectivity index (χ1) is 12.5. The molecule has 0 bridgehead atoms. The van der Waals surface area contributed by atoms with Crippen LogP contribution in [0.4, 0.5) is 0 Å². The molecule has 1 aromatic carbocycles. The van der Waals surface area contributed by atoms with E-state index in [0.29, 0.717) is 17.3 Å². The van der Waals surface area contributed by atoms with Crippen molar-refractivity contribution < 1.29 is 14.3 Å². The van der Waals surface area contributed by atoms with Gasteiger partial charge in [0, 0.05) is 18.4 Å². The van der Waals surface area contributed by atoms with E-state index >= 15 is 0 Å². The Balaban J connectivity index is 1.73. The maximum atomic E-state index is 11.0. The van der Waals surface area contributed by atoms with Gasteiger partial charge in [-0.1, -0.05) is 47.5 Å². The van der Waals surface area contributed by atoms with Gasteiger partial charge >= 0.3 is 5.97 Å². The molecule has 6 nitrogen and oxygen atoms in total. The lowest BCUT2D eigenvalue weighted by atomic mass is 10.00. The highest BCUT2D eigenvalue weighted by Gasteiger charge is 2.21. The minimum atomic E-state index is -0.325. The molecule has 0 spiro atoms. The molecule has 0 N–H and O–H groups in total. The summed E-state index contributed by atoms with van der Waals surface area (Å²) in [5, 5.41) is 8.63. The summed E-state index contributed by atoms with van der Waals surface area (Å²) >= 11 is 12.0. The van der Waals surface area contributed by atoms with Gasteiger partial charge in [-0.15, -0.1) is 10.2 Å². The van der Waals surface area contributed by atoms with E-state index in [4.69, 9.17) is 32.7 Å².